The van der Waals surface area contributed by atoms with E-state index >= 15 is 0 Å². The van der Waals surface area contributed by atoms with Gasteiger partial charge in [-0.2, -0.15) is 4.98 Å². The van der Waals surface area contributed by atoms with Crippen molar-refractivity contribution < 1.29 is 4.52 Å². The molecule has 0 aliphatic heterocycles. The molecule has 1 aromatic heterocycles. The van der Waals surface area contributed by atoms with Gasteiger partial charge in [0.25, 0.3) is 0 Å². The summed E-state index contributed by atoms with van der Waals surface area (Å²) in [5.74, 6) is 0.797. The van der Waals surface area contributed by atoms with Crippen molar-refractivity contribution in [2.45, 2.75) is 38.1 Å². The fourth-order valence-electron chi connectivity index (χ4n) is 1.82. The maximum atomic E-state index is 4.65. The first-order valence-electron chi connectivity index (χ1n) is 4.94. The Morgan fingerprint density at radius 2 is 2.31 bits per heavy atom. The Kier molecular flexibility index (Phi) is 2.92. The Morgan fingerprint density at radius 3 is 3.00 bits per heavy atom. The minimum absolute atomic E-state index is 0.729. The average molecular weight is 181 g/mol. The number of hydrogen-bond acceptors (Lipinski definition) is 4. The summed E-state index contributed by atoms with van der Waals surface area (Å²) in [5, 5.41) is 7.25. The Hall–Kier alpha value is -0.900. The molecule has 1 aromatic rings. The highest BCUT2D eigenvalue weighted by atomic mass is 16.5. The lowest BCUT2D eigenvalue weighted by Crippen LogP contribution is -2.28. The third kappa shape index (κ3) is 2.52. The maximum Gasteiger partial charge on any atom is 0.213 e. The van der Waals surface area contributed by atoms with Crippen LogP contribution in [0.5, 0.6) is 0 Å². The fraction of sp³-hybridized carbons (Fsp3) is 0.778. The molecule has 0 saturated heterocycles. The number of nitrogens with one attached hydrogen (secondary N) is 1. The second-order valence-corrected chi connectivity index (χ2v) is 3.53. The van der Waals surface area contributed by atoms with Crippen LogP contribution in [0.3, 0.4) is 0 Å². The third-order valence-corrected chi connectivity index (χ3v) is 2.54. The van der Waals surface area contributed by atoms with E-state index in [1.807, 2.05) is 0 Å². The minimum atomic E-state index is 0.729. The predicted molar refractivity (Wildman–Crippen MR) is 48.3 cm³/mol. The largest absolute Gasteiger partial charge is 0.343 e. The molecule has 0 atom stereocenters. The van der Waals surface area contributed by atoms with E-state index in [1.165, 1.54) is 32.1 Å². The molecule has 2 rings (SSSR count). The summed E-state index contributed by atoms with van der Waals surface area (Å²) >= 11 is 0. The Labute approximate surface area is 77.7 Å². The van der Waals surface area contributed by atoms with Crippen molar-refractivity contribution in [2.24, 2.45) is 0 Å². The van der Waals surface area contributed by atoms with E-state index in [9.17, 15) is 0 Å². The third-order valence-electron chi connectivity index (χ3n) is 2.54. The molecule has 0 spiro atoms. The molecule has 1 N–H and O–H groups in total. The van der Waals surface area contributed by atoms with Crippen LogP contribution in [0, 0.1) is 0 Å². The SMILES string of the molecule is c1nc(CCNC2CCCC2)no1. The molecule has 72 valence electrons. The van der Waals surface area contributed by atoms with Gasteiger partial charge in [-0.3, -0.25) is 0 Å². The molecular formula is C9H15N3O. The van der Waals surface area contributed by atoms with Gasteiger partial charge in [-0.1, -0.05) is 18.0 Å². The minimum Gasteiger partial charge on any atom is -0.343 e. The van der Waals surface area contributed by atoms with Gasteiger partial charge in [0.05, 0.1) is 0 Å². The smallest absolute Gasteiger partial charge is 0.213 e. The van der Waals surface area contributed by atoms with E-state index in [0.717, 1.165) is 24.8 Å². The van der Waals surface area contributed by atoms with Gasteiger partial charge in [0, 0.05) is 19.0 Å². The van der Waals surface area contributed by atoms with E-state index in [0.29, 0.717) is 0 Å². The monoisotopic (exact) mass is 181 g/mol. The summed E-state index contributed by atoms with van der Waals surface area (Å²) in [6, 6.07) is 0.729. The van der Waals surface area contributed by atoms with Crippen molar-refractivity contribution in [1.82, 2.24) is 15.5 Å². The van der Waals surface area contributed by atoms with Gasteiger partial charge in [0.1, 0.15) is 0 Å². The molecule has 1 aliphatic rings. The number of rotatable bonds is 4. The number of aromatic nitrogens is 2. The molecule has 1 aliphatic carbocycles. The molecule has 0 aromatic carbocycles. The number of nitrogens with zero attached hydrogens (tertiary/aromatic N) is 2. The van der Waals surface area contributed by atoms with Gasteiger partial charge in [-0.05, 0) is 12.8 Å². The molecule has 0 radical (unpaired) electrons. The van der Waals surface area contributed by atoms with E-state index in [1.54, 1.807) is 0 Å². The van der Waals surface area contributed by atoms with Crippen LogP contribution < -0.4 is 5.32 Å². The Morgan fingerprint density at radius 1 is 1.46 bits per heavy atom. The number of hydrogen-bond donors (Lipinski definition) is 1. The van der Waals surface area contributed by atoms with Crippen LogP contribution in [0.1, 0.15) is 31.5 Å². The van der Waals surface area contributed by atoms with Crippen LogP contribution in [-0.2, 0) is 6.42 Å². The molecule has 1 fully saturated rings. The van der Waals surface area contributed by atoms with Crippen LogP contribution in [-0.4, -0.2) is 22.7 Å². The van der Waals surface area contributed by atoms with Crippen LogP contribution >= 0.6 is 0 Å². The summed E-state index contributed by atoms with van der Waals surface area (Å²) in [4.78, 5) is 3.96. The Bertz CT molecular complexity index is 229. The van der Waals surface area contributed by atoms with Crippen molar-refractivity contribution >= 4 is 0 Å². The topological polar surface area (TPSA) is 51.0 Å². The van der Waals surface area contributed by atoms with E-state index in [4.69, 9.17) is 0 Å². The first kappa shape index (κ1) is 8.69. The molecule has 1 heterocycles. The van der Waals surface area contributed by atoms with Crippen molar-refractivity contribution in [3.05, 3.63) is 12.2 Å². The highest BCUT2D eigenvalue weighted by Gasteiger charge is 2.13. The summed E-state index contributed by atoms with van der Waals surface area (Å²) in [7, 11) is 0. The lowest BCUT2D eigenvalue weighted by molar-refractivity contribution is 0.408. The molecule has 4 heteroatoms. The zero-order valence-corrected chi connectivity index (χ0v) is 7.70. The molecule has 13 heavy (non-hydrogen) atoms. The van der Waals surface area contributed by atoms with Crippen molar-refractivity contribution in [3.8, 4) is 0 Å². The van der Waals surface area contributed by atoms with Gasteiger partial charge < -0.3 is 9.84 Å². The highest BCUT2D eigenvalue weighted by Crippen LogP contribution is 2.17. The van der Waals surface area contributed by atoms with Gasteiger partial charge in [0.2, 0.25) is 6.39 Å². The average Bonchev–Trinajstić information content (AvgIpc) is 2.75. The van der Waals surface area contributed by atoms with Gasteiger partial charge in [0.15, 0.2) is 5.82 Å². The van der Waals surface area contributed by atoms with E-state index in [2.05, 4.69) is 20.0 Å². The second-order valence-electron chi connectivity index (χ2n) is 3.53. The van der Waals surface area contributed by atoms with Gasteiger partial charge >= 0.3 is 0 Å². The first-order valence-corrected chi connectivity index (χ1v) is 4.94. The first-order chi connectivity index (χ1) is 6.45. The van der Waals surface area contributed by atoms with Crippen LogP contribution in [0.4, 0.5) is 0 Å². The van der Waals surface area contributed by atoms with Crippen molar-refractivity contribution in [3.63, 3.8) is 0 Å². The summed E-state index contributed by atoms with van der Waals surface area (Å²) in [5.41, 5.74) is 0. The Balaban J connectivity index is 1.63. The summed E-state index contributed by atoms with van der Waals surface area (Å²) in [6.45, 7) is 0.962. The lowest BCUT2D eigenvalue weighted by atomic mass is 10.2. The van der Waals surface area contributed by atoms with Gasteiger partial charge in [-0.25, -0.2) is 0 Å². The zero-order valence-electron chi connectivity index (χ0n) is 7.70. The van der Waals surface area contributed by atoms with E-state index < -0.39 is 0 Å². The molecule has 0 unspecified atom stereocenters. The molecular weight excluding hydrogens is 166 g/mol. The fourth-order valence-corrected chi connectivity index (χ4v) is 1.82. The van der Waals surface area contributed by atoms with Crippen LogP contribution in [0.15, 0.2) is 10.9 Å². The van der Waals surface area contributed by atoms with E-state index in [-0.39, 0.29) is 0 Å². The second kappa shape index (κ2) is 4.37. The van der Waals surface area contributed by atoms with Gasteiger partial charge in [-0.15, -0.1) is 0 Å². The van der Waals surface area contributed by atoms with Crippen molar-refractivity contribution in [2.75, 3.05) is 6.54 Å². The van der Waals surface area contributed by atoms with Crippen LogP contribution in [0.25, 0.3) is 0 Å². The summed E-state index contributed by atoms with van der Waals surface area (Å²) in [6.07, 6.45) is 7.65. The zero-order chi connectivity index (χ0) is 8.93. The maximum absolute atomic E-state index is 4.65. The molecule has 0 bridgehead atoms. The summed E-state index contributed by atoms with van der Waals surface area (Å²) < 4.78 is 4.65. The lowest BCUT2D eigenvalue weighted by Gasteiger charge is -2.09. The van der Waals surface area contributed by atoms with Crippen molar-refractivity contribution in [1.29, 1.82) is 0 Å². The van der Waals surface area contributed by atoms with Crippen LogP contribution in [0.2, 0.25) is 0 Å². The molecule has 1 saturated carbocycles. The highest BCUT2D eigenvalue weighted by molar-refractivity contribution is 4.81. The predicted octanol–water partition coefficient (Wildman–Crippen LogP) is 1.14. The molecule has 0 amide bonds. The normalized spacial score (nSPS) is 18.2. The standard InChI is InChI=1S/C9H15N3O/c1-2-4-8(3-1)10-6-5-9-11-7-13-12-9/h7-8,10H,1-6H2. The quantitative estimate of drug-likeness (QED) is 0.757. The molecule has 4 nitrogen and oxygen atoms in total.